The van der Waals surface area contributed by atoms with Crippen molar-refractivity contribution in [2.24, 2.45) is 5.41 Å². The molecule has 372 valence electrons. The fraction of sp³-hybridized carbons (Fsp3) is 0.377. The van der Waals surface area contributed by atoms with Gasteiger partial charge in [-0.05, 0) is 129 Å². The van der Waals surface area contributed by atoms with Crippen LogP contribution in [-0.2, 0) is 36.6 Å². The van der Waals surface area contributed by atoms with Gasteiger partial charge in [-0.3, -0.25) is 24.1 Å². The number of benzene rings is 4. The Morgan fingerprint density at radius 3 is 2.18 bits per heavy atom. The molecule has 71 heavy (non-hydrogen) atoms. The fourth-order valence-corrected chi connectivity index (χ4v) is 9.98. The number of carbonyl (C=O) groups excluding carboxylic acids is 4. The number of anilines is 2. The Kier molecular flexibility index (Phi) is 16.0. The van der Waals surface area contributed by atoms with Crippen molar-refractivity contribution in [3.05, 3.63) is 119 Å². The summed E-state index contributed by atoms with van der Waals surface area (Å²) >= 11 is 7.26. The number of ether oxygens (including phenoxy) is 2. The second kappa shape index (κ2) is 21.8. The van der Waals surface area contributed by atoms with Crippen LogP contribution in [0, 0.1) is 23.7 Å². The molecule has 18 heteroatoms. The molecule has 2 N–H and O–H groups in total. The molecule has 4 amide bonds. The number of carbonyl (C=O) groups is 4. The van der Waals surface area contributed by atoms with Gasteiger partial charge in [-0.2, -0.15) is 18.4 Å². The molecule has 4 aromatic carbocycles. The van der Waals surface area contributed by atoms with Gasteiger partial charge in [-0.1, -0.05) is 69.3 Å². The summed E-state index contributed by atoms with van der Waals surface area (Å²) in [5.41, 5.74) is 3.51. The minimum absolute atomic E-state index is 0.00960. The number of likely N-dealkylation sites (tertiary alicyclic amines) is 1. The van der Waals surface area contributed by atoms with Gasteiger partial charge in [0.2, 0.25) is 17.7 Å². The van der Waals surface area contributed by atoms with E-state index in [-0.39, 0.29) is 29.2 Å². The van der Waals surface area contributed by atoms with E-state index in [2.05, 4.69) is 15.6 Å². The maximum absolute atomic E-state index is 14.0. The van der Waals surface area contributed by atoms with Gasteiger partial charge in [0.15, 0.2) is 5.11 Å². The van der Waals surface area contributed by atoms with Crippen LogP contribution < -0.4 is 25.2 Å². The molecule has 0 spiro atoms. The number of nitrogens with one attached hydrogen (secondary N) is 2. The van der Waals surface area contributed by atoms with Gasteiger partial charge in [-0.25, -0.2) is 4.98 Å². The van der Waals surface area contributed by atoms with Gasteiger partial charge in [0.05, 0.1) is 45.6 Å². The summed E-state index contributed by atoms with van der Waals surface area (Å²) < 4.78 is 52.9. The number of thiocarbonyl (C=S) groups is 1. The third-order valence-corrected chi connectivity index (χ3v) is 13.9. The largest absolute Gasteiger partial charge is 0.494 e. The average Bonchev–Trinajstić information content (AvgIpc) is 4.05. The highest BCUT2D eigenvalue weighted by molar-refractivity contribution is 7.81. The highest BCUT2D eigenvalue weighted by atomic mass is 32.1. The molecule has 2 saturated heterocycles. The SMILES string of the molecule is Cc1ncsc1-c1ccc(CNC(=O)[C@@H]2CCCN2C(=O)C(NC(=O)COCCCCOc2ccc(-c3ccc(N4C(=S)N(c5ccc(C#N)c(C(F)(F)F)c5)C(=O)C4(C)C)cc3)cc2)C(C)(C)C)cc1. The van der Waals surface area contributed by atoms with E-state index < -0.39 is 52.2 Å². The topological polar surface area (TPSA) is 157 Å². The van der Waals surface area contributed by atoms with E-state index in [1.54, 1.807) is 53.2 Å². The molecule has 0 saturated carbocycles. The van der Waals surface area contributed by atoms with Crippen LogP contribution in [0.5, 0.6) is 5.75 Å². The van der Waals surface area contributed by atoms with Crippen molar-refractivity contribution < 1.29 is 41.8 Å². The number of amides is 4. The lowest BCUT2D eigenvalue weighted by Crippen LogP contribution is -2.58. The lowest BCUT2D eigenvalue weighted by atomic mass is 9.85. The summed E-state index contributed by atoms with van der Waals surface area (Å²) in [4.78, 5) is 63.8. The number of nitriles is 1. The number of unbranched alkanes of at least 4 members (excludes halogenated alkanes) is 1. The zero-order valence-electron chi connectivity index (χ0n) is 40.4. The first-order valence-electron chi connectivity index (χ1n) is 23.3. The number of aryl methyl sites for hydroxylation is 1. The van der Waals surface area contributed by atoms with Crippen molar-refractivity contribution in [3.63, 3.8) is 0 Å². The maximum Gasteiger partial charge on any atom is 0.417 e. The highest BCUT2D eigenvalue weighted by Gasteiger charge is 2.51. The molecule has 3 heterocycles. The van der Waals surface area contributed by atoms with Crippen molar-refractivity contribution in [1.82, 2.24) is 20.5 Å². The minimum Gasteiger partial charge on any atom is -0.494 e. The molecule has 2 atom stereocenters. The third-order valence-electron chi connectivity index (χ3n) is 12.5. The number of halogens is 3. The van der Waals surface area contributed by atoms with Crippen molar-refractivity contribution in [2.45, 2.75) is 97.6 Å². The van der Waals surface area contributed by atoms with Crippen LogP contribution >= 0.6 is 23.6 Å². The second-order valence-corrected chi connectivity index (χ2v) is 20.3. The smallest absolute Gasteiger partial charge is 0.417 e. The van der Waals surface area contributed by atoms with E-state index in [1.807, 2.05) is 93.9 Å². The molecule has 1 unspecified atom stereocenters. The summed E-state index contributed by atoms with van der Waals surface area (Å²) in [5, 5.41) is 15.1. The van der Waals surface area contributed by atoms with Crippen molar-refractivity contribution >= 4 is 63.7 Å². The van der Waals surface area contributed by atoms with Crippen LogP contribution in [0.1, 0.15) is 82.7 Å². The number of hydrogen-bond donors (Lipinski definition) is 2. The van der Waals surface area contributed by atoms with Gasteiger partial charge in [0.1, 0.15) is 30.0 Å². The minimum atomic E-state index is -4.80. The summed E-state index contributed by atoms with van der Waals surface area (Å²) in [7, 11) is 0. The quantitative estimate of drug-likeness (QED) is 0.0679. The number of hydrogen-bond acceptors (Lipinski definition) is 10. The van der Waals surface area contributed by atoms with Crippen molar-refractivity contribution in [3.8, 4) is 33.4 Å². The molecule has 0 radical (unpaired) electrons. The van der Waals surface area contributed by atoms with E-state index in [9.17, 15) is 37.6 Å². The molecule has 1 aromatic heterocycles. The second-order valence-electron chi connectivity index (χ2n) is 19.1. The van der Waals surface area contributed by atoms with Crippen LogP contribution in [0.15, 0.2) is 96.5 Å². The average molecular weight is 1010 g/mol. The van der Waals surface area contributed by atoms with Crippen LogP contribution in [0.25, 0.3) is 21.6 Å². The van der Waals surface area contributed by atoms with E-state index in [4.69, 9.17) is 21.7 Å². The first-order chi connectivity index (χ1) is 33.7. The molecule has 2 fully saturated rings. The fourth-order valence-electron chi connectivity index (χ4n) is 8.65. The van der Waals surface area contributed by atoms with E-state index in [0.29, 0.717) is 63.4 Å². The number of thiazole rings is 1. The Labute approximate surface area is 420 Å². The monoisotopic (exact) mass is 1010 g/mol. The van der Waals surface area contributed by atoms with E-state index >= 15 is 0 Å². The summed E-state index contributed by atoms with van der Waals surface area (Å²) in [6.07, 6.45) is -2.29. The molecule has 5 aromatic rings. The standard InChI is InChI=1S/C53H56F3N7O6S2/c1-33-45(71-32-59-33)37-13-11-34(12-14-37)30-58-47(65)43-10-9-25-61(43)48(66)46(51(2,3)4)60-44(64)31-68-26-7-8-27-69-41-23-18-36(19-24-41)35-15-20-39(21-16-35)63-50(70)62(49(67)52(63,5)6)40-22-17-38(29-57)42(28-40)53(54,55)56/h11-24,28,32,43,46H,7-10,25-27,30-31H2,1-6H3,(H,58,65)(H,60,64)/t43-,46?/m0/s1. The Morgan fingerprint density at radius 1 is 0.930 bits per heavy atom. The molecule has 2 aliphatic rings. The normalized spacial score (nSPS) is 16.2. The first kappa shape index (κ1) is 52.2. The Balaban J connectivity index is 0.833. The third kappa shape index (κ3) is 11.9. The van der Waals surface area contributed by atoms with Crippen LogP contribution in [0.4, 0.5) is 24.5 Å². The summed E-state index contributed by atoms with van der Waals surface area (Å²) in [5.74, 6) is -0.792. The molecule has 0 aliphatic carbocycles. The van der Waals surface area contributed by atoms with Gasteiger partial charge in [0, 0.05) is 25.4 Å². The van der Waals surface area contributed by atoms with Gasteiger partial charge in [-0.15, -0.1) is 11.3 Å². The first-order valence-corrected chi connectivity index (χ1v) is 24.6. The molecular formula is C53H56F3N7O6S2. The predicted octanol–water partition coefficient (Wildman–Crippen LogP) is 9.61. The Bertz CT molecular complexity index is 2800. The zero-order chi connectivity index (χ0) is 51.3. The number of rotatable bonds is 17. The van der Waals surface area contributed by atoms with Gasteiger partial charge < -0.3 is 29.9 Å². The predicted molar refractivity (Wildman–Crippen MR) is 270 cm³/mol. The molecule has 7 rings (SSSR count). The summed E-state index contributed by atoms with van der Waals surface area (Å²) in [6, 6.07) is 26.0. The summed E-state index contributed by atoms with van der Waals surface area (Å²) in [6.45, 7) is 12.1. The maximum atomic E-state index is 14.0. The molecule has 2 aliphatic heterocycles. The Morgan fingerprint density at radius 2 is 1.56 bits per heavy atom. The number of nitrogens with zero attached hydrogens (tertiary/aromatic N) is 5. The highest BCUT2D eigenvalue weighted by Crippen LogP contribution is 2.40. The molecular weight excluding hydrogens is 952 g/mol. The van der Waals surface area contributed by atoms with Gasteiger partial charge in [0.25, 0.3) is 5.91 Å². The van der Waals surface area contributed by atoms with Crippen LogP contribution in [0.2, 0.25) is 0 Å². The van der Waals surface area contributed by atoms with Crippen molar-refractivity contribution in [2.75, 3.05) is 36.2 Å². The lowest BCUT2D eigenvalue weighted by Gasteiger charge is -2.35. The van der Waals surface area contributed by atoms with Gasteiger partial charge >= 0.3 is 6.18 Å². The van der Waals surface area contributed by atoms with Crippen molar-refractivity contribution in [1.29, 1.82) is 5.26 Å². The van der Waals surface area contributed by atoms with Crippen LogP contribution in [-0.4, -0.2) is 82.6 Å². The number of aromatic nitrogens is 1. The molecule has 13 nitrogen and oxygen atoms in total. The number of alkyl halides is 3. The molecule has 0 bridgehead atoms. The van der Waals surface area contributed by atoms with Crippen LogP contribution in [0.3, 0.4) is 0 Å². The zero-order valence-corrected chi connectivity index (χ0v) is 42.0. The van der Waals surface area contributed by atoms with E-state index in [0.717, 1.165) is 49.9 Å². The van der Waals surface area contributed by atoms with E-state index in [1.165, 1.54) is 6.07 Å². The Hall–Kier alpha value is -6.68. The lowest BCUT2D eigenvalue weighted by molar-refractivity contribution is -0.144.